The predicted molar refractivity (Wildman–Crippen MR) is 79.5 cm³/mol. The maximum absolute atomic E-state index is 11.9. The third-order valence-corrected chi connectivity index (χ3v) is 4.83. The van der Waals surface area contributed by atoms with Gasteiger partial charge in [-0.3, -0.25) is 4.79 Å². The Morgan fingerprint density at radius 2 is 1.95 bits per heavy atom. The molecule has 1 saturated heterocycles. The van der Waals surface area contributed by atoms with Crippen molar-refractivity contribution in [1.82, 2.24) is 0 Å². The van der Waals surface area contributed by atoms with Crippen molar-refractivity contribution in [1.29, 1.82) is 0 Å². The van der Waals surface area contributed by atoms with Crippen LogP contribution in [0.15, 0.2) is 0 Å². The molecule has 20 heavy (non-hydrogen) atoms. The number of hydrogen-bond donors (Lipinski definition) is 2. The van der Waals surface area contributed by atoms with E-state index in [1.54, 1.807) is 0 Å². The zero-order valence-electron chi connectivity index (χ0n) is 11.6. The molecule has 2 heterocycles. The number of anilines is 2. The first-order chi connectivity index (χ1) is 9.45. The highest BCUT2D eigenvalue weighted by molar-refractivity contribution is 7.19. The third-order valence-electron chi connectivity index (χ3n) is 3.46. The molecule has 1 aromatic rings. The van der Waals surface area contributed by atoms with Gasteiger partial charge in [-0.2, -0.15) is 0 Å². The number of esters is 1. The molecule has 0 aliphatic carbocycles. The topological polar surface area (TPSA) is 98.6 Å². The molecule has 1 aliphatic heterocycles. The summed E-state index contributed by atoms with van der Waals surface area (Å²) in [6, 6.07) is 0.192. The lowest BCUT2D eigenvalue weighted by atomic mass is 10.1. The lowest BCUT2D eigenvalue weighted by Gasteiger charge is -2.31. The van der Waals surface area contributed by atoms with Crippen LogP contribution in [0.2, 0.25) is 0 Å². The Hall–Kier alpha value is -1.60. The number of nitrogen functional groups attached to an aromatic ring is 1. The van der Waals surface area contributed by atoms with Gasteiger partial charge in [0, 0.05) is 26.1 Å². The Balaban J connectivity index is 2.43. The molecule has 1 aliphatic rings. The first kappa shape index (κ1) is 14.8. The number of ether oxygens (including phenoxy) is 1. The van der Waals surface area contributed by atoms with Gasteiger partial charge < -0.3 is 21.1 Å². The van der Waals surface area contributed by atoms with E-state index in [0.29, 0.717) is 15.4 Å². The number of methoxy groups -OCH3 is 1. The molecule has 0 radical (unpaired) electrons. The molecule has 0 spiro atoms. The molecule has 6 nitrogen and oxygen atoms in total. The van der Waals surface area contributed by atoms with Gasteiger partial charge in [-0.15, -0.1) is 11.3 Å². The Bertz CT molecular complexity index is 533. The molecular weight excluding hydrogens is 278 g/mol. The minimum absolute atomic E-state index is 0.141. The summed E-state index contributed by atoms with van der Waals surface area (Å²) in [6.07, 6.45) is 1.71. The summed E-state index contributed by atoms with van der Waals surface area (Å²) >= 11 is 1.26. The Morgan fingerprint density at radius 1 is 1.35 bits per heavy atom. The molecule has 0 amide bonds. The highest BCUT2D eigenvalue weighted by Gasteiger charge is 2.29. The minimum Gasteiger partial charge on any atom is -0.465 e. The SMILES string of the molecule is COC(=O)c1c(N2CCC(N)CC2)sc(C(C)=O)c1N. The predicted octanol–water partition coefficient (Wildman–Crippen LogP) is 1.25. The van der Waals surface area contributed by atoms with Crippen LogP contribution in [0.25, 0.3) is 0 Å². The monoisotopic (exact) mass is 297 g/mol. The molecule has 0 aromatic carbocycles. The van der Waals surface area contributed by atoms with Crippen molar-refractivity contribution in [3.05, 3.63) is 10.4 Å². The number of ketones is 1. The van der Waals surface area contributed by atoms with E-state index in [4.69, 9.17) is 16.2 Å². The number of carbonyl (C=O) groups is 2. The highest BCUT2D eigenvalue weighted by atomic mass is 32.1. The molecule has 0 atom stereocenters. The van der Waals surface area contributed by atoms with E-state index in [9.17, 15) is 9.59 Å². The average Bonchev–Trinajstić information content (AvgIpc) is 2.76. The zero-order valence-corrected chi connectivity index (χ0v) is 12.5. The number of Topliss-reactive ketones (excluding diaryl/α,β-unsaturated/α-hetero) is 1. The maximum atomic E-state index is 11.9. The zero-order chi connectivity index (χ0) is 14.9. The van der Waals surface area contributed by atoms with Crippen LogP contribution in [-0.2, 0) is 4.74 Å². The van der Waals surface area contributed by atoms with Crippen molar-refractivity contribution in [2.24, 2.45) is 5.73 Å². The van der Waals surface area contributed by atoms with Gasteiger partial charge in [0.15, 0.2) is 5.78 Å². The number of nitrogens with zero attached hydrogens (tertiary/aromatic N) is 1. The highest BCUT2D eigenvalue weighted by Crippen LogP contribution is 2.39. The van der Waals surface area contributed by atoms with E-state index < -0.39 is 5.97 Å². The van der Waals surface area contributed by atoms with E-state index in [0.717, 1.165) is 25.9 Å². The van der Waals surface area contributed by atoms with Crippen LogP contribution in [0.5, 0.6) is 0 Å². The van der Waals surface area contributed by atoms with Gasteiger partial charge in [0.1, 0.15) is 10.6 Å². The second-order valence-electron chi connectivity index (χ2n) is 4.90. The summed E-state index contributed by atoms with van der Waals surface area (Å²) < 4.78 is 4.79. The van der Waals surface area contributed by atoms with E-state index in [1.807, 2.05) is 0 Å². The van der Waals surface area contributed by atoms with Crippen molar-refractivity contribution in [2.45, 2.75) is 25.8 Å². The Morgan fingerprint density at radius 3 is 2.45 bits per heavy atom. The average molecular weight is 297 g/mol. The van der Waals surface area contributed by atoms with Crippen molar-refractivity contribution < 1.29 is 14.3 Å². The van der Waals surface area contributed by atoms with Crippen molar-refractivity contribution in [3.8, 4) is 0 Å². The van der Waals surface area contributed by atoms with Gasteiger partial charge in [0.05, 0.1) is 17.7 Å². The minimum atomic E-state index is -0.504. The standard InChI is InChI=1S/C13H19N3O3S/c1-7(17)11-10(15)9(13(18)19-2)12(20-11)16-5-3-8(14)4-6-16/h8H,3-6,14-15H2,1-2H3. The second-order valence-corrected chi connectivity index (χ2v) is 5.90. The summed E-state index contributed by atoms with van der Waals surface area (Å²) in [5.74, 6) is -0.645. The number of nitrogens with two attached hydrogens (primary N) is 2. The van der Waals surface area contributed by atoms with Crippen LogP contribution in [0.3, 0.4) is 0 Å². The van der Waals surface area contributed by atoms with Gasteiger partial charge in [0.25, 0.3) is 0 Å². The summed E-state index contributed by atoms with van der Waals surface area (Å²) in [5.41, 5.74) is 12.4. The summed E-state index contributed by atoms with van der Waals surface area (Å²) in [4.78, 5) is 26.0. The van der Waals surface area contributed by atoms with Crippen LogP contribution in [0, 0.1) is 0 Å². The fourth-order valence-electron chi connectivity index (χ4n) is 2.32. The van der Waals surface area contributed by atoms with E-state index in [2.05, 4.69) is 4.90 Å². The van der Waals surface area contributed by atoms with Crippen LogP contribution in [0.1, 0.15) is 39.8 Å². The molecule has 7 heteroatoms. The van der Waals surface area contributed by atoms with E-state index in [1.165, 1.54) is 25.4 Å². The fourth-order valence-corrected chi connectivity index (χ4v) is 3.47. The normalized spacial score (nSPS) is 16.2. The summed E-state index contributed by atoms with van der Waals surface area (Å²) in [6.45, 7) is 2.95. The Labute approximate surface area is 121 Å². The molecule has 0 bridgehead atoms. The number of piperidine rings is 1. The van der Waals surface area contributed by atoms with E-state index >= 15 is 0 Å². The van der Waals surface area contributed by atoms with Crippen molar-refractivity contribution >= 4 is 33.8 Å². The van der Waals surface area contributed by atoms with Crippen LogP contribution in [-0.4, -0.2) is 38.0 Å². The number of rotatable bonds is 3. The summed E-state index contributed by atoms with van der Waals surface area (Å²) in [7, 11) is 1.31. The number of hydrogen-bond acceptors (Lipinski definition) is 7. The molecule has 2 rings (SSSR count). The van der Waals surface area contributed by atoms with Crippen LogP contribution >= 0.6 is 11.3 Å². The number of thiophene rings is 1. The van der Waals surface area contributed by atoms with Gasteiger partial charge >= 0.3 is 5.97 Å². The maximum Gasteiger partial charge on any atom is 0.343 e. The third kappa shape index (κ3) is 2.64. The largest absolute Gasteiger partial charge is 0.465 e. The first-order valence-electron chi connectivity index (χ1n) is 6.47. The first-order valence-corrected chi connectivity index (χ1v) is 7.29. The van der Waals surface area contributed by atoms with Gasteiger partial charge in [-0.05, 0) is 12.8 Å². The quantitative estimate of drug-likeness (QED) is 0.643. The molecule has 1 aromatic heterocycles. The smallest absolute Gasteiger partial charge is 0.343 e. The molecule has 0 unspecified atom stereocenters. The molecule has 1 fully saturated rings. The Kier molecular flexibility index (Phi) is 4.29. The van der Waals surface area contributed by atoms with Crippen molar-refractivity contribution in [3.63, 3.8) is 0 Å². The molecule has 110 valence electrons. The van der Waals surface area contributed by atoms with Gasteiger partial charge in [-0.25, -0.2) is 4.79 Å². The van der Waals surface area contributed by atoms with Crippen LogP contribution in [0.4, 0.5) is 10.7 Å². The molecule has 4 N–H and O–H groups in total. The van der Waals surface area contributed by atoms with E-state index in [-0.39, 0.29) is 17.5 Å². The van der Waals surface area contributed by atoms with Gasteiger partial charge in [0.2, 0.25) is 0 Å². The number of carbonyl (C=O) groups excluding carboxylic acids is 2. The van der Waals surface area contributed by atoms with Crippen molar-refractivity contribution in [2.75, 3.05) is 30.8 Å². The van der Waals surface area contributed by atoms with Gasteiger partial charge in [-0.1, -0.05) is 0 Å². The van der Waals surface area contributed by atoms with Crippen LogP contribution < -0.4 is 16.4 Å². The second kappa shape index (κ2) is 5.80. The lowest BCUT2D eigenvalue weighted by molar-refractivity contribution is 0.0603. The fraction of sp³-hybridized carbons (Fsp3) is 0.538. The molecule has 0 saturated carbocycles. The molecular formula is C13H19N3O3S. The lowest BCUT2D eigenvalue weighted by Crippen LogP contribution is -2.39. The summed E-state index contributed by atoms with van der Waals surface area (Å²) in [5, 5.41) is 0.714.